The SMILES string of the molecule is CCOc1ccc(Cc2cc([C@@]3(OC)CC(O)CC(C(C)O)O3)ccc2Cl)cc1. The Morgan fingerprint density at radius 2 is 1.97 bits per heavy atom. The average molecular weight is 421 g/mol. The van der Waals surface area contributed by atoms with Crippen LogP contribution in [0.2, 0.25) is 5.02 Å². The fourth-order valence-electron chi connectivity index (χ4n) is 3.77. The fraction of sp³-hybridized carbons (Fsp3) is 0.478. The number of ether oxygens (including phenoxy) is 3. The molecule has 0 aliphatic carbocycles. The van der Waals surface area contributed by atoms with Gasteiger partial charge in [-0.2, -0.15) is 0 Å². The predicted molar refractivity (Wildman–Crippen MR) is 112 cm³/mol. The highest BCUT2D eigenvalue weighted by molar-refractivity contribution is 6.31. The van der Waals surface area contributed by atoms with Gasteiger partial charge in [0.05, 0.1) is 24.9 Å². The van der Waals surface area contributed by atoms with Crippen molar-refractivity contribution in [2.24, 2.45) is 0 Å². The molecule has 6 heteroatoms. The molecule has 1 aliphatic rings. The summed E-state index contributed by atoms with van der Waals surface area (Å²) in [5, 5.41) is 21.0. The molecular formula is C23H29ClO5. The second kappa shape index (κ2) is 9.45. The third-order valence-electron chi connectivity index (χ3n) is 5.33. The maximum absolute atomic E-state index is 10.4. The molecule has 0 saturated carbocycles. The third kappa shape index (κ3) is 5.11. The van der Waals surface area contributed by atoms with Crippen LogP contribution >= 0.6 is 11.6 Å². The molecule has 1 heterocycles. The molecule has 2 aromatic carbocycles. The monoisotopic (exact) mass is 420 g/mol. The Labute approximate surface area is 177 Å². The summed E-state index contributed by atoms with van der Waals surface area (Å²) in [4.78, 5) is 0. The molecule has 0 bridgehead atoms. The highest BCUT2D eigenvalue weighted by Gasteiger charge is 2.44. The summed E-state index contributed by atoms with van der Waals surface area (Å²) < 4.78 is 17.4. The maximum Gasteiger partial charge on any atom is 0.197 e. The second-order valence-corrected chi connectivity index (χ2v) is 7.91. The van der Waals surface area contributed by atoms with Crippen molar-refractivity contribution in [2.75, 3.05) is 13.7 Å². The highest BCUT2D eigenvalue weighted by atomic mass is 35.5. The van der Waals surface area contributed by atoms with Gasteiger partial charge in [0.1, 0.15) is 5.75 Å². The van der Waals surface area contributed by atoms with Gasteiger partial charge in [-0.15, -0.1) is 0 Å². The topological polar surface area (TPSA) is 68.2 Å². The first-order chi connectivity index (χ1) is 13.9. The first kappa shape index (κ1) is 22.1. The van der Waals surface area contributed by atoms with Crippen molar-refractivity contribution in [3.05, 3.63) is 64.2 Å². The van der Waals surface area contributed by atoms with Gasteiger partial charge < -0.3 is 24.4 Å². The minimum atomic E-state index is -1.13. The van der Waals surface area contributed by atoms with E-state index in [1.165, 1.54) is 0 Å². The fourth-order valence-corrected chi connectivity index (χ4v) is 3.95. The van der Waals surface area contributed by atoms with Crippen molar-refractivity contribution in [2.45, 2.75) is 57.2 Å². The minimum Gasteiger partial charge on any atom is -0.494 e. The Balaban J connectivity index is 1.88. The van der Waals surface area contributed by atoms with E-state index in [-0.39, 0.29) is 6.42 Å². The van der Waals surface area contributed by atoms with E-state index in [0.717, 1.165) is 22.4 Å². The third-order valence-corrected chi connectivity index (χ3v) is 5.70. The lowest BCUT2D eigenvalue weighted by atomic mass is 9.89. The molecule has 29 heavy (non-hydrogen) atoms. The van der Waals surface area contributed by atoms with Crippen LogP contribution < -0.4 is 4.74 Å². The Bertz CT molecular complexity index is 807. The molecular weight excluding hydrogens is 392 g/mol. The van der Waals surface area contributed by atoms with Gasteiger partial charge in [-0.25, -0.2) is 0 Å². The van der Waals surface area contributed by atoms with Gasteiger partial charge in [-0.05, 0) is 55.7 Å². The number of rotatable bonds is 7. The molecule has 5 nitrogen and oxygen atoms in total. The molecule has 1 fully saturated rings. The van der Waals surface area contributed by atoms with Gasteiger partial charge >= 0.3 is 0 Å². The van der Waals surface area contributed by atoms with Crippen LogP contribution in [0.4, 0.5) is 0 Å². The molecule has 3 unspecified atom stereocenters. The molecule has 0 amide bonds. The van der Waals surface area contributed by atoms with Crippen LogP contribution in [-0.2, 0) is 21.7 Å². The van der Waals surface area contributed by atoms with Crippen molar-refractivity contribution >= 4 is 11.6 Å². The van der Waals surface area contributed by atoms with Gasteiger partial charge in [-0.3, -0.25) is 0 Å². The van der Waals surface area contributed by atoms with E-state index in [0.29, 0.717) is 24.5 Å². The van der Waals surface area contributed by atoms with E-state index in [2.05, 4.69) is 0 Å². The molecule has 2 aromatic rings. The standard InChI is InChI=1S/C23H29ClO5/c1-4-28-20-8-5-16(6-9-20)11-17-12-18(7-10-21(17)24)23(27-3)14-19(26)13-22(29-23)15(2)25/h5-10,12,15,19,22,25-26H,4,11,13-14H2,1-3H3/t15?,19?,22?,23-/m1/s1. The smallest absolute Gasteiger partial charge is 0.197 e. The van der Waals surface area contributed by atoms with E-state index < -0.39 is 24.1 Å². The van der Waals surface area contributed by atoms with Crippen LogP contribution in [0, 0.1) is 0 Å². The van der Waals surface area contributed by atoms with E-state index >= 15 is 0 Å². The Hall–Kier alpha value is -1.63. The van der Waals surface area contributed by atoms with Crippen LogP contribution in [0.25, 0.3) is 0 Å². The number of hydrogen-bond acceptors (Lipinski definition) is 5. The molecule has 1 saturated heterocycles. The minimum absolute atomic E-state index is 0.289. The Kier molecular flexibility index (Phi) is 7.19. The molecule has 0 spiro atoms. The van der Waals surface area contributed by atoms with Crippen molar-refractivity contribution in [1.29, 1.82) is 0 Å². The van der Waals surface area contributed by atoms with Gasteiger partial charge in [0, 0.05) is 30.5 Å². The lowest BCUT2D eigenvalue weighted by molar-refractivity contribution is -0.306. The summed E-state index contributed by atoms with van der Waals surface area (Å²) in [6, 6.07) is 13.6. The highest BCUT2D eigenvalue weighted by Crippen LogP contribution is 2.40. The van der Waals surface area contributed by atoms with Crippen LogP contribution in [0.15, 0.2) is 42.5 Å². The van der Waals surface area contributed by atoms with Crippen molar-refractivity contribution < 1.29 is 24.4 Å². The van der Waals surface area contributed by atoms with Crippen molar-refractivity contribution in [3.63, 3.8) is 0 Å². The lowest BCUT2D eigenvalue weighted by Gasteiger charge is -2.43. The first-order valence-corrected chi connectivity index (χ1v) is 10.3. The first-order valence-electron chi connectivity index (χ1n) is 9.96. The molecule has 158 valence electrons. The van der Waals surface area contributed by atoms with Gasteiger partial charge in [0.2, 0.25) is 0 Å². The number of aliphatic hydroxyl groups is 2. The maximum atomic E-state index is 10.4. The quantitative estimate of drug-likeness (QED) is 0.707. The molecule has 1 aliphatic heterocycles. The van der Waals surface area contributed by atoms with E-state index in [4.69, 9.17) is 25.8 Å². The molecule has 0 aromatic heterocycles. The predicted octanol–water partition coefficient (Wildman–Crippen LogP) is 4.05. The average Bonchev–Trinajstić information content (AvgIpc) is 2.70. The molecule has 4 atom stereocenters. The molecule has 0 radical (unpaired) electrons. The van der Waals surface area contributed by atoms with E-state index in [1.807, 2.05) is 49.4 Å². The summed E-state index contributed by atoms with van der Waals surface area (Å²) >= 11 is 6.47. The van der Waals surface area contributed by atoms with E-state index in [1.54, 1.807) is 14.0 Å². The normalized spacial score (nSPS) is 25.6. The van der Waals surface area contributed by atoms with Crippen molar-refractivity contribution in [3.8, 4) is 5.75 Å². The van der Waals surface area contributed by atoms with Crippen LogP contribution in [0.3, 0.4) is 0 Å². The zero-order valence-corrected chi connectivity index (χ0v) is 17.9. The second-order valence-electron chi connectivity index (χ2n) is 7.51. The Morgan fingerprint density at radius 1 is 1.24 bits per heavy atom. The van der Waals surface area contributed by atoms with Gasteiger partial charge in [-0.1, -0.05) is 29.8 Å². The molecule has 2 N–H and O–H groups in total. The summed E-state index contributed by atoms with van der Waals surface area (Å²) in [5.41, 5.74) is 2.81. The summed E-state index contributed by atoms with van der Waals surface area (Å²) in [6.07, 6.45) is -0.555. The summed E-state index contributed by atoms with van der Waals surface area (Å²) in [5.74, 6) is -0.291. The number of aliphatic hydroxyl groups excluding tert-OH is 2. The van der Waals surface area contributed by atoms with Crippen LogP contribution in [0.5, 0.6) is 5.75 Å². The molecule has 3 rings (SSSR count). The van der Waals surface area contributed by atoms with Gasteiger partial charge in [0.25, 0.3) is 0 Å². The van der Waals surface area contributed by atoms with Crippen LogP contribution in [-0.4, -0.2) is 42.2 Å². The lowest BCUT2D eigenvalue weighted by Crippen LogP contribution is -2.48. The number of hydrogen-bond donors (Lipinski definition) is 2. The zero-order chi connectivity index (χ0) is 21.0. The zero-order valence-electron chi connectivity index (χ0n) is 17.1. The number of methoxy groups -OCH3 is 1. The largest absolute Gasteiger partial charge is 0.494 e. The summed E-state index contributed by atoms with van der Waals surface area (Å²) in [7, 11) is 1.55. The Morgan fingerprint density at radius 3 is 2.59 bits per heavy atom. The number of benzene rings is 2. The number of halogens is 1. The summed E-state index contributed by atoms with van der Waals surface area (Å²) in [6.45, 7) is 4.24. The van der Waals surface area contributed by atoms with Crippen LogP contribution in [0.1, 0.15) is 43.4 Å². The van der Waals surface area contributed by atoms with Crippen molar-refractivity contribution in [1.82, 2.24) is 0 Å². The van der Waals surface area contributed by atoms with Gasteiger partial charge in [0.15, 0.2) is 5.79 Å². The van der Waals surface area contributed by atoms with E-state index in [9.17, 15) is 10.2 Å².